The van der Waals surface area contributed by atoms with Crippen LogP contribution >= 0.6 is 11.6 Å². The highest BCUT2D eigenvalue weighted by atomic mass is 35.5. The molecule has 3 rings (SSSR count). The van der Waals surface area contributed by atoms with E-state index in [1.807, 2.05) is 53.4 Å². The van der Waals surface area contributed by atoms with Crippen molar-refractivity contribution in [1.82, 2.24) is 4.90 Å². The average molecular weight is 438 g/mol. The molecule has 162 valence electrons. The Kier molecular flexibility index (Phi) is 7.96. The zero-order chi connectivity index (χ0) is 22.2. The predicted octanol–water partition coefficient (Wildman–Crippen LogP) is 6.37. The highest BCUT2D eigenvalue weighted by Gasteiger charge is 2.21. The van der Waals surface area contributed by atoms with Gasteiger partial charge in [0.05, 0.1) is 7.11 Å². The van der Waals surface area contributed by atoms with E-state index < -0.39 is 0 Å². The zero-order valence-electron chi connectivity index (χ0n) is 18.2. The molecule has 3 aromatic carbocycles. The van der Waals surface area contributed by atoms with E-state index in [1.54, 1.807) is 31.4 Å². The van der Waals surface area contributed by atoms with Gasteiger partial charge in [-0.15, -0.1) is 0 Å². The Morgan fingerprint density at radius 3 is 2.32 bits per heavy atom. The molecular weight excluding hydrogens is 410 g/mol. The minimum Gasteiger partial charge on any atom is -0.493 e. The highest BCUT2D eigenvalue weighted by molar-refractivity contribution is 6.30. The molecule has 0 aliphatic carbocycles. The van der Waals surface area contributed by atoms with E-state index in [4.69, 9.17) is 21.1 Å². The van der Waals surface area contributed by atoms with Crippen molar-refractivity contribution >= 4 is 17.5 Å². The van der Waals surface area contributed by atoms with Crippen LogP contribution in [0.2, 0.25) is 5.02 Å². The SMILES string of the molecule is CCC(C)N(Cc1ccc(OCc2ccccc2)c(OC)c1)C(=O)c1ccc(Cl)cc1. The summed E-state index contributed by atoms with van der Waals surface area (Å²) in [6.45, 7) is 5.08. The van der Waals surface area contributed by atoms with Crippen LogP contribution in [-0.4, -0.2) is 24.0 Å². The number of hydrogen-bond acceptors (Lipinski definition) is 3. The first-order valence-electron chi connectivity index (χ1n) is 10.4. The first-order valence-corrected chi connectivity index (χ1v) is 10.8. The average Bonchev–Trinajstić information content (AvgIpc) is 2.81. The van der Waals surface area contributed by atoms with Gasteiger partial charge in [0, 0.05) is 23.2 Å². The Morgan fingerprint density at radius 2 is 1.68 bits per heavy atom. The Morgan fingerprint density at radius 1 is 0.968 bits per heavy atom. The van der Waals surface area contributed by atoms with Gasteiger partial charge in [-0.05, 0) is 60.9 Å². The predicted molar refractivity (Wildman–Crippen MR) is 125 cm³/mol. The number of halogens is 1. The molecule has 0 saturated carbocycles. The number of hydrogen-bond donors (Lipinski definition) is 0. The Balaban J connectivity index is 1.77. The van der Waals surface area contributed by atoms with Crippen molar-refractivity contribution in [1.29, 1.82) is 0 Å². The number of methoxy groups -OCH3 is 1. The van der Waals surface area contributed by atoms with Crippen LogP contribution in [0.5, 0.6) is 11.5 Å². The van der Waals surface area contributed by atoms with Crippen molar-refractivity contribution in [3.05, 3.63) is 94.5 Å². The van der Waals surface area contributed by atoms with Crippen LogP contribution in [-0.2, 0) is 13.2 Å². The lowest BCUT2D eigenvalue weighted by molar-refractivity contribution is 0.0671. The van der Waals surface area contributed by atoms with Crippen molar-refractivity contribution < 1.29 is 14.3 Å². The van der Waals surface area contributed by atoms with E-state index in [-0.39, 0.29) is 11.9 Å². The highest BCUT2D eigenvalue weighted by Crippen LogP contribution is 2.30. The number of ether oxygens (including phenoxy) is 2. The molecule has 31 heavy (non-hydrogen) atoms. The third kappa shape index (κ3) is 6.02. The molecule has 1 amide bonds. The number of carbonyl (C=O) groups is 1. The van der Waals surface area contributed by atoms with E-state index in [9.17, 15) is 4.79 Å². The summed E-state index contributed by atoms with van der Waals surface area (Å²) in [6.07, 6.45) is 0.856. The lowest BCUT2D eigenvalue weighted by Gasteiger charge is -2.29. The van der Waals surface area contributed by atoms with Crippen LogP contribution in [0.15, 0.2) is 72.8 Å². The van der Waals surface area contributed by atoms with Gasteiger partial charge in [0.1, 0.15) is 6.61 Å². The molecule has 5 heteroatoms. The summed E-state index contributed by atoms with van der Waals surface area (Å²) in [5, 5.41) is 0.613. The number of rotatable bonds is 9. The second-order valence-electron chi connectivity index (χ2n) is 7.46. The zero-order valence-corrected chi connectivity index (χ0v) is 18.9. The fourth-order valence-electron chi connectivity index (χ4n) is 3.27. The van der Waals surface area contributed by atoms with E-state index >= 15 is 0 Å². The smallest absolute Gasteiger partial charge is 0.254 e. The first-order chi connectivity index (χ1) is 15.0. The molecule has 0 aliphatic rings. The summed E-state index contributed by atoms with van der Waals surface area (Å²) in [5.74, 6) is 1.31. The maximum atomic E-state index is 13.2. The first kappa shape index (κ1) is 22.7. The Hall–Kier alpha value is -2.98. The molecule has 4 nitrogen and oxygen atoms in total. The largest absolute Gasteiger partial charge is 0.493 e. The van der Waals surface area contributed by atoms with Crippen LogP contribution < -0.4 is 9.47 Å². The molecule has 0 aromatic heterocycles. The number of benzene rings is 3. The van der Waals surface area contributed by atoms with Crippen molar-refractivity contribution in [2.75, 3.05) is 7.11 Å². The molecular formula is C26H28ClNO3. The topological polar surface area (TPSA) is 38.8 Å². The third-order valence-corrected chi connectivity index (χ3v) is 5.55. The van der Waals surface area contributed by atoms with Crippen LogP contribution in [0.1, 0.15) is 41.8 Å². The minimum absolute atomic E-state index is 0.0191. The van der Waals surface area contributed by atoms with Gasteiger partial charge in [0.15, 0.2) is 11.5 Å². The quantitative estimate of drug-likeness (QED) is 0.390. The van der Waals surface area contributed by atoms with Crippen LogP contribution in [0, 0.1) is 0 Å². The normalized spacial score (nSPS) is 11.6. The molecule has 3 aromatic rings. The molecule has 0 saturated heterocycles. The maximum absolute atomic E-state index is 13.2. The van der Waals surface area contributed by atoms with Crippen LogP contribution in [0.3, 0.4) is 0 Å². The second kappa shape index (κ2) is 10.9. The fraction of sp³-hybridized carbons (Fsp3) is 0.269. The molecule has 0 N–H and O–H groups in total. The van der Waals surface area contributed by atoms with Gasteiger partial charge in [-0.3, -0.25) is 4.79 Å². The van der Waals surface area contributed by atoms with E-state index in [0.29, 0.717) is 35.2 Å². The van der Waals surface area contributed by atoms with E-state index in [1.165, 1.54) is 0 Å². The summed E-state index contributed by atoms with van der Waals surface area (Å²) in [7, 11) is 1.62. The molecule has 0 bridgehead atoms. The van der Waals surface area contributed by atoms with Crippen LogP contribution in [0.25, 0.3) is 0 Å². The maximum Gasteiger partial charge on any atom is 0.254 e. The standard InChI is InChI=1S/C26H28ClNO3/c1-4-19(2)28(26(29)22-11-13-23(27)14-12-22)17-21-10-15-24(25(16-21)30-3)31-18-20-8-6-5-7-9-20/h5-16,19H,4,17-18H2,1-3H3. The van der Waals surface area contributed by atoms with E-state index in [2.05, 4.69) is 13.8 Å². The van der Waals surface area contributed by atoms with Gasteiger partial charge in [-0.25, -0.2) is 0 Å². The lowest BCUT2D eigenvalue weighted by atomic mass is 10.1. The van der Waals surface area contributed by atoms with Gasteiger partial charge in [0.25, 0.3) is 5.91 Å². The number of carbonyl (C=O) groups excluding carboxylic acids is 1. The van der Waals surface area contributed by atoms with E-state index in [0.717, 1.165) is 17.5 Å². The third-order valence-electron chi connectivity index (χ3n) is 5.29. The van der Waals surface area contributed by atoms with Crippen LogP contribution in [0.4, 0.5) is 0 Å². The van der Waals surface area contributed by atoms with Crippen molar-refractivity contribution in [3.8, 4) is 11.5 Å². The molecule has 0 heterocycles. The molecule has 0 aliphatic heterocycles. The number of nitrogens with zero attached hydrogens (tertiary/aromatic N) is 1. The van der Waals surface area contributed by atoms with Crippen molar-refractivity contribution in [3.63, 3.8) is 0 Å². The monoisotopic (exact) mass is 437 g/mol. The molecule has 0 radical (unpaired) electrons. The van der Waals surface area contributed by atoms with Gasteiger partial charge >= 0.3 is 0 Å². The van der Waals surface area contributed by atoms with Crippen molar-refractivity contribution in [2.45, 2.75) is 39.5 Å². The Bertz CT molecular complexity index is 989. The molecule has 1 atom stereocenters. The summed E-state index contributed by atoms with van der Waals surface area (Å²) in [5.41, 5.74) is 2.69. The summed E-state index contributed by atoms with van der Waals surface area (Å²) in [6, 6.07) is 22.9. The minimum atomic E-state index is -0.0191. The second-order valence-corrected chi connectivity index (χ2v) is 7.89. The lowest BCUT2D eigenvalue weighted by Crippen LogP contribution is -2.37. The summed E-state index contributed by atoms with van der Waals surface area (Å²) < 4.78 is 11.5. The van der Waals surface area contributed by atoms with Gasteiger partial charge in [-0.2, -0.15) is 0 Å². The van der Waals surface area contributed by atoms with Gasteiger partial charge in [-0.1, -0.05) is 54.9 Å². The number of amides is 1. The molecule has 0 fully saturated rings. The Labute approximate surface area is 189 Å². The fourth-order valence-corrected chi connectivity index (χ4v) is 3.39. The summed E-state index contributed by atoms with van der Waals surface area (Å²) in [4.78, 5) is 15.0. The molecule has 0 spiro atoms. The van der Waals surface area contributed by atoms with Gasteiger partial charge in [0.2, 0.25) is 0 Å². The van der Waals surface area contributed by atoms with Gasteiger partial charge < -0.3 is 14.4 Å². The molecule has 1 unspecified atom stereocenters. The summed E-state index contributed by atoms with van der Waals surface area (Å²) >= 11 is 5.98. The van der Waals surface area contributed by atoms with Crippen molar-refractivity contribution in [2.24, 2.45) is 0 Å².